The average Bonchev–Trinajstić information content (AvgIpc) is 3.22. The Kier molecular flexibility index (Phi) is 6.47. The Morgan fingerprint density at radius 3 is 2.65 bits per heavy atom. The highest BCUT2D eigenvalue weighted by atomic mass is 32.2. The molecule has 168 valence electrons. The molecule has 0 aliphatic carbocycles. The third-order valence-corrected chi connectivity index (χ3v) is 6.65. The molecule has 31 heavy (non-hydrogen) atoms. The normalized spacial score (nSPS) is 17.9. The Balaban J connectivity index is 1.58. The lowest BCUT2D eigenvalue weighted by atomic mass is 10.1. The number of rotatable bonds is 8. The zero-order valence-corrected chi connectivity index (χ0v) is 18.7. The van der Waals surface area contributed by atoms with Crippen molar-refractivity contribution in [2.45, 2.75) is 45.7 Å². The topological polar surface area (TPSA) is 114 Å². The van der Waals surface area contributed by atoms with Crippen LogP contribution in [0, 0.1) is 0 Å². The fourth-order valence-electron chi connectivity index (χ4n) is 3.96. The van der Waals surface area contributed by atoms with Gasteiger partial charge in [0.25, 0.3) is 10.0 Å². The SMILES string of the molecule is CCCCOc1nc(N)c2c(n1)N(Cc1cccc(CN3CCCC3)c1)CS(=O)(=O)N2. The van der Waals surface area contributed by atoms with Crippen molar-refractivity contribution in [2.24, 2.45) is 0 Å². The van der Waals surface area contributed by atoms with E-state index in [1.54, 1.807) is 4.90 Å². The molecule has 0 unspecified atom stereocenters. The van der Waals surface area contributed by atoms with Crippen LogP contribution in [0.4, 0.5) is 17.3 Å². The molecule has 1 aromatic heterocycles. The number of sulfonamides is 1. The molecular formula is C21H30N6O3S. The molecule has 0 bridgehead atoms. The van der Waals surface area contributed by atoms with Crippen LogP contribution in [0.5, 0.6) is 6.01 Å². The second-order valence-electron chi connectivity index (χ2n) is 8.14. The summed E-state index contributed by atoms with van der Waals surface area (Å²) in [4.78, 5) is 12.7. The van der Waals surface area contributed by atoms with Crippen molar-refractivity contribution in [3.05, 3.63) is 35.4 Å². The van der Waals surface area contributed by atoms with Crippen LogP contribution in [0.2, 0.25) is 0 Å². The minimum Gasteiger partial charge on any atom is -0.463 e. The molecule has 0 saturated carbocycles. The smallest absolute Gasteiger partial charge is 0.320 e. The van der Waals surface area contributed by atoms with Crippen molar-refractivity contribution in [3.8, 4) is 6.01 Å². The van der Waals surface area contributed by atoms with E-state index in [0.29, 0.717) is 19.0 Å². The summed E-state index contributed by atoms with van der Waals surface area (Å²) in [6, 6.07) is 8.44. The molecule has 2 aliphatic rings. The van der Waals surface area contributed by atoms with E-state index in [1.807, 2.05) is 12.1 Å². The summed E-state index contributed by atoms with van der Waals surface area (Å²) in [5.41, 5.74) is 8.50. The number of nitrogens with zero attached hydrogens (tertiary/aromatic N) is 4. The summed E-state index contributed by atoms with van der Waals surface area (Å²) in [7, 11) is -3.58. The average molecular weight is 447 g/mol. The van der Waals surface area contributed by atoms with E-state index in [1.165, 1.54) is 18.4 Å². The maximum atomic E-state index is 12.5. The number of aromatic nitrogens is 2. The van der Waals surface area contributed by atoms with Gasteiger partial charge in [0.05, 0.1) is 6.61 Å². The third-order valence-electron chi connectivity index (χ3n) is 5.48. The number of anilines is 3. The van der Waals surface area contributed by atoms with E-state index in [9.17, 15) is 8.42 Å². The summed E-state index contributed by atoms with van der Waals surface area (Å²) >= 11 is 0. The number of nitrogen functional groups attached to an aromatic ring is 1. The second kappa shape index (κ2) is 9.27. The van der Waals surface area contributed by atoms with Gasteiger partial charge in [-0.05, 0) is 43.5 Å². The maximum Gasteiger partial charge on any atom is 0.320 e. The number of nitrogens with one attached hydrogen (secondary N) is 1. The maximum absolute atomic E-state index is 12.5. The number of unbranched alkanes of at least 4 members (excludes halogenated alkanes) is 1. The minimum absolute atomic E-state index is 0.0626. The van der Waals surface area contributed by atoms with E-state index in [-0.39, 0.29) is 23.4 Å². The number of benzene rings is 1. The number of hydrogen-bond donors (Lipinski definition) is 2. The fourth-order valence-corrected chi connectivity index (χ4v) is 5.16. The highest BCUT2D eigenvalue weighted by Crippen LogP contribution is 2.36. The summed E-state index contributed by atoms with van der Waals surface area (Å²) in [6.07, 6.45) is 4.36. The molecular weight excluding hydrogens is 416 g/mol. The van der Waals surface area contributed by atoms with Crippen molar-refractivity contribution in [3.63, 3.8) is 0 Å². The van der Waals surface area contributed by atoms with Crippen LogP contribution in [0.3, 0.4) is 0 Å². The molecule has 1 aromatic carbocycles. The number of ether oxygens (including phenoxy) is 1. The molecule has 2 aliphatic heterocycles. The predicted octanol–water partition coefficient (Wildman–Crippen LogP) is 2.55. The van der Waals surface area contributed by atoms with Gasteiger partial charge in [-0.15, -0.1) is 0 Å². The zero-order chi connectivity index (χ0) is 21.8. The van der Waals surface area contributed by atoms with Gasteiger partial charge in [-0.2, -0.15) is 9.97 Å². The van der Waals surface area contributed by atoms with Crippen LogP contribution < -0.4 is 20.1 Å². The molecule has 0 amide bonds. The lowest BCUT2D eigenvalue weighted by molar-refractivity contribution is 0.286. The highest BCUT2D eigenvalue weighted by Gasteiger charge is 2.31. The highest BCUT2D eigenvalue weighted by molar-refractivity contribution is 7.92. The van der Waals surface area contributed by atoms with Gasteiger partial charge < -0.3 is 15.4 Å². The van der Waals surface area contributed by atoms with Crippen LogP contribution in [0.15, 0.2) is 24.3 Å². The van der Waals surface area contributed by atoms with Gasteiger partial charge in [-0.25, -0.2) is 8.42 Å². The Hall–Kier alpha value is -2.59. The second-order valence-corrected chi connectivity index (χ2v) is 9.83. The number of likely N-dealkylation sites (tertiary alicyclic amines) is 1. The molecule has 10 heteroatoms. The van der Waals surface area contributed by atoms with Crippen molar-refractivity contribution in [1.82, 2.24) is 14.9 Å². The van der Waals surface area contributed by atoms with E-state index in [2.05, 4.69) is 38.6 Å². The van der Waals surface area contributed by atoms with Crippen LogP contribution in [0.1, 0.15) is 43.7 Å². The van der Waals surface area contributed by atoms with Crippen molar-refractivity contribution < 1.29 is 13.2 Å². The molecule has 0 atom stereocenters. The van der Waals surface area contributed by atoms with Crippen molar-refractivity contribution >= 4 is 27.3 Å². The first-order chi connectivity index (χ1) is 14.9. The predicted molar refractivity (Wildman–Crippen MR) is 121 cm³/mol. The van der Waals surface area contributed by atoms with Crippen molar-refractivity contribution in [2.75, 3.05) is 40.9 Å². The Bertz CT molecular complexity index is 1020. The van der Waals surface area contributed by atoms with E-state index in [4.69, 9.17) is 10.5 Å². The van der Waals surface area contributed by atoms with Crippen LogP contribution in [-0.4, -0.2) is 48.9 Å². The molecule has 3 heterocycles. The lowest BCUT2D eigenvalue weighted by Crippen LogP contribution is -2.39. The van der Waals surface area contributed by atoms with Gasteiger partial charge in [-0.1, -0.05) is 37.6 Å². The Morgan fingerprint density at radius 1 is 1.16 bits per heavy atom. The lowest BCUT2D eigenvalue weighted by Gasteiger charge is -2.31. The van der Waals surface area contributed by atoms with E-state index in [0.717, 1.165) is 38.0 Å². The molecule has 1 saturated heterocycles. The Labute approximate surface area is 183 Å². The van der Waals surface area contributed by atoms with Gasteiger partial charge in [0.2, 0.25) is 0 Å². The third kappa shape index (κ3) is 5.37. The molecule has 0 radical (unpaired) electrons. The number of fused-ring (bicyclic) bond motifs is 1. The molecule has 4 rings (SSSR count). The zero-order valence-electron chi connectivity index (χ0n) is 17.9. The van der Waals surface area contributed by atoms with Gasteiger partial charge in [0.15, 0.2) is 11.6 Å². The van der Waals surface area contributed by atoms with Crippen molar-refractivity contribution in [1.29, 1.82) is 0 Å². The minimum atomic E-state index is -3.58. The fraction of sp³-hybridized carbons (Fsp3) is 0.524. The summed E-state index contributed by atoms with van der Waals surface area (Å²) in [5.74, 6) is 0.299. The van der Waals surface area contributed by atoms with Crippen LogP contribution >= 0.6 is 0 Å². The number of nitrogens with two attached hydrogens (primary N) is 1. The van der Waals surface area contributed by atoms with E-state index < -0.39 is 10.0 Å². The number of hydrogen-bond acceptors (Lipinski definition) is 8. The first-order valence-corrected chi connectivity index (χ1v) is 12.4. The summed E-state index contributed by atoms with van der Waals surface area (Å²) in [6.45, 7) is 6.12. The van der Waals surface area contributed by atoms with Gasteiger partial charge in [0.1, 0.15) is 11.6 Å². The monoisotopic (exact) mass is 446 g/mol. The largest absolute Gasteiger partial charge is 0.463 e. The van der Waals surface area contributed by atoms with E-state index >= 15 is 0 Å². The quantitative estimate of drug-likeness (QED) is 0.595. The van der Waals surface area contributed by atoms with Crippen LogP contribution in [-0.2, 0) is 23.1 Å². The standard InChI is InChI=1S/C21H30N6O3S/c1-2-3-11-30-21-23-19(22)18-20(24-21)27(15-31(28,29)25-18)14-17-8-6-7-16(12-17)13-26-9-4-5-10-26/h6-8,12,25H,2-5,9-11,13-15H2,1H3,(H2,22,23,24). The molecule has 0 spiro atoms. The molecule has 9 nitrogen and oxygen atoms in total. The first kappa shape index (κ1) is 21.6. The molecule has 3 N–H and O–H groups in total. The van der Waals surface area contributed by atoms with Gasteiger partial charge in [0, 0.05) is 13.1 Å². The first-order valence-electron chi connectivity index (χ1n) is 10.8. The Morgan fingerprint density at radius 2 is 1.90 bits per heavy atom. The molecule has 1 fully saturated rings. The molecule has 2 aromatic rings. The summed E-state index contributed by atoms with van der Waals surface area (Å²) in [5, 5.41) is 0. The van der Waals surface area contributed by atoms with Gasteiger partial charge in [-0.3, -0.25) is 9.62 Å². The van der Waals surface area contributed by atoms with Crippen LogP contribution in [0.25, 0.3) is 0 Å². The summed E-state index contributed by atoms with van der Waals surface area (Å²) < 4.78 is 33.0. The van der Waals surface area contributed by atoms with Gasteiger partial charge >= 0.3 is 6.01 Å².